The average Bonchev–Trinajstić information content (AvgIpc) is 3.37. The smallest absolute Gasteiger partial charge is 0.811 e. The first-order chi connectivity index (χ1) is 22.9. The number of fused-ring (bicyclic) bond motifs is 2. The van der Waals surface area contributed by atoms with E-state index in [9.17, 15) is 27.3 Å². The van der Waals surface area contributed by atoms with Gasteiger partial charge in [0.2, 0.25) is 5.69 Å². The SMILES string of the molecule is CCC[N+]1=C(/C=C/C=C(/C=C/C=C2/N(CCP(=O)([O-])[O-])c3ccc(C)cc3C2(C)C)c2ccccc2)C(C)(C)c2cc(S(=O)(=O)[O-])ccc21.[Na+].[Na+].[Na+]. The monoisotopic (exact) mass is 767 g/mol. The van der Waals surface area contributed by atoms with Gasteiger partial charge < -0.3 is 23.8 Å². The van der Waals surface area contributed by atoms with Crippen molar-refractivity contribution in [1.82, 2.24) is 0 Å². The molecule has 3 aromatic carbocycles. The van der Waals surface area contributed by atoms with Gasteiger partial charge in [0.15, 0.2) is 5.71 Å². The first-order valence-electron chi connectivity index (χ1n) is 16.4. The van der Waals surface area contributed by atoms with E-state index in [1.54, 1.807) is 6.07 Å². The standard InChI is InChI=1S/C39H45N2O6PS.3Na/c1-7-23-40-35-22-20-31(49(45,46)47)27-33(35)39(5,6)36(40)17-11-15-30(29-13-9-8-10-14-29)16-12-18-37-38(3,4)32-26-28(2)19-21-34(32)41(37)24-25-48(42,43)44;;;/h8-22,26-27H,7,23-25H2,1-6H3,(H2-,42,43,44,45,46,47);;;/q;3*+1/p-2. The molecule has 0 radical (unpaired) electrons. The molecule has 0 aromatic heterocycles. The van der Waals surface area contributed by atoms with Crippen molar-refractivity contribution in [1.29, 1.82) is 0 Å². The molecule has 52 heavy (non-hydrogen) atoms. The van der Waals surface area contributed by atoms with Crippen LogP contribution < -0.4 is 103 Å². The average molecular weight is 768 g/mol. The van der Waals surface area contributed by atoms with E-state index >= 15 is 0 Å². The summed E-state index contributed by atoms with van der Waals surface area (Å²) in [7, 11) is -9.30. The predicted molar refractivity (Wildman–Crippen MR) is 192 cm³/mol. The molecule has 2 heterocycles. The van der Waals surface area contributed by atoms with Crippen LogP contribution in [0.15, 0.2) is 114 Å². The van der Waals surface area contributed by atoms with Crippen LogP contribution in [0.3, 0.4) is 0 Å². The van der Waals surface area contributed by atoms with Crippen LogP contribution in [0.25, 0.3) is 5.57 Å². The Morgan fingerprint density at radius 3 is 2.19 bits per heavy atom. The van der Waals surface area contributed by atoms with E-state index in [-0.39, 0.29) is 100 Å². The largest absolute Gasteiger partial charge is 1.00 e. The van der Waals surface area contributed by atoms with E-state index in [1.807, 2.05) is 105 Å². The van der Waals surface area contributed by atoms with Gasteiger partial charge in [-0.05, 0) is 67.9 Å². The van der Waals surface area contributed by atoms with Crippen molar-refractivity contribution in [2.75, 3.05) is 24.2 Å². The summed E-state index contributed by atoms with van der Waals surface area (Å²) in [6, 6.07) is 20.7. The van der Waals surface area contributed by atoms with Gasteiger partial charge in [-0.25, -0.2) is 8.42 Å². The maximum Gasteiger partial charge on any atom is 1.00 e. The minimum Gasteiger partial charge on any atom is -0.811 e. The van der Waals surface area contributed by atoms with Crippen LogP contribution in [0.1, 0.15) is 63.3 Å². The Bertz CT molecular complexity index is 2090. The van der Waals surface area contributed by atoms with Crippen molar-refractivity contribution in [2.45, 2.75) is 63.7 Å². The summed E-state index contributed by atoms with van der Waals surface area (Å²) in [5, 5.41) is 0. The molecule has 0 spiro atoms. The van der Waals surface area contributed by atoms with Gasteiger partial charge in [-0.1, -0.05) is 101 Å². The number of hydrogen-bond donors (Lipinski definition) is 0. The molecule has 0 fully saturated rings. The molecule has 0 saturated carbocycles. The molecular formula is C39H43N2Na3O6PS+. The molecule has 8 nitrogen and oxygen atoms in total. The number of anilines is 1. The topological polar surface area (TPSA) is 127 Å². The van der Waals surface area contributed by atoms with E-state index in [1.165, 1.54) is 12.1 Å². The zero-order valence-corrected chi connectivity index (χ0v) is 39.6. The maximum atomic E-state index is 11.8. The number of nitrogens with zero attached hydrogens (tertiary/aromatic N) is 2. The summed E-state index contributed by atoms with van der Waals surface area (Å²) in [5.41, 5.74) is 7.61. The fourth-order valence-electron chi connectivity index (χ4n) is 6.89. The molecule has 3 aromatic rings. The summed E-state index contributed by atoms with van der Waals surface area (Å²) in [4.78, 5) is 25.0. The van der Waals surface area contributed by atoms with Crippen LogP contribution in [0.2, 0.25) is 0 Å². The second kappa shape index (κ2) is 18.9. The van der Waals surface area contributed by atoms with Gasteiger partial charge in [-0.2, -0.15) is 4.58 Å². The summed E-state index contributed by atoms with van der Waals surface area (Å²) in [6.45, 7) is 13.2. The van der Waals surface area contributed by atoms with Gasteiger partial charge in [0.05, 0.1) is 10.3 Å². The molecule has 0 saturated heterocycles. The number of rotatable bonds is 11. The fourth-order valence-corrected chi connectivity index (χ4v) is 7.83. The van der Waals surface area contributed by atoms with Crippen LogP contribution in [0.4, 0.5) is 11.4 Å². The number of aryl methyl sites for hydroxylation is 1. The molecule has 0 bridgehead atoms. The summed E-state index contributed by atoms with van der Waals surface area (Å²) in [6.07, 6.45) is 12.4. The molecule has 13 heteroatoms. The van der Waals surface area contributed by atoms with Crippen LogP contribution >= 0.6 is 7.60 Å². The molecule has 0 aliphatic carbocycles. The second-order valence-corrected chi connectivity index (χ2v) is 16.7. The van der Waals surface area contributed by atoms with E-state index < -0.39 is 34.7 Å². The molecule has 5 rings (SSSR count). The Labute approximate surface area is 375 Å². The normalized spacial score (nSPS) is 17.2. The number of hydrogen-bond acceptors (Lipinski definition) is 7. The third kappa shape index (κ3) is 10.5. The molecule has 0 atom stereocenters. The molecular weight excluding hydrogens is 724 g/mol. The number of allylic oxidation sites excluding steroid dienone is 8. The third-order valence-corrected chi connectivity index (χ3v) is 11.0. The zero-order valence-electron chi connectivity index (χ0n) is 31.8. The van der Waals surface area contributed by atoms with Gasteiger partial charge in [-0.3, -0.25) is 0 Å². The third-order valence-electron chi connectivity index (χ3n) is 9.41. The summed E-state index contributed by atoms with van der Waals surface area (Å²) < 4.78 is 49.3. The maximum absolute atomic E-state index is 11.8. The Balaban J connectivity index is 0.00000312. The van der Waals surface area contributed by atoms with E-state index in [0.717, 1.165) is 63.6 Å². The minimum absolute atomic E-state index is 0. The van der Waals surface area contributed by atoms with Gasteiger partial charge in [-0.15, -0.1) is 0 Å². The first kappa shape index (κ1) is 47.3. The van der Waals surface area contributed by atoms with Crippen molar-refractivity contribution < 1.29 is 121 Å². The van der Waals surface area contributed by atoms with Gasteiger partial charge in [0, 0.05) is 47.5 Å². The molecule has 0 unspecified atom stereocenters. The Morgan fingerprint density at radius 2 is 1.58 bits per heavy atom. The van der Waals surface area contributed by atoms with Crippen molar-refractivity contribution >= 4 is 40.4 Å². The zero-order chi connectivity index (χ0) is 35.8. The van der Waals surface area contributed by atoms with Gasteiger partial charge >= 0.3 is 88.7 Å². The molecule has 258 valence electrons. The van der Waals surface area contributed by atoms with Gasteiger partial charge in [0.1, 0.15) is 16.7 Å². The molecule has 0 N–H and O–H groups in total. The summed E-state index contributed by atoms with van der Waals surface area (Å²) in [5.74, 6) is 0. The fraction of sp³-hybridized carbons (Fsp3) is 0.308. The van der Waals surface area contributed by atoms with E-state index in [0.29, 0.717) is 0 Å². The van der Waals surface area contributed by atoms with Crippen LogP contribution in [-0.2, 0) is 25.5 Å². The number of benzene rings is 3. The Morgan fingerprint density at radius 1 is 0.904 bits per heavy atom. The van der Waals surface area contributed by atoms with Crippen LogP contribution in [0.5, 0.6) is 0 Å². The van der Waals surface area contributed by atoms with E-state index in [2.05, 4.69) is 31.4 Å². The van der Waals surface area contributed by atoms with Crippen LogP contribution in [0, 0.1) is 6.92 Å². The van der Waals surface area contributed by atoms with Crippen molar-refractivity contribution in [3.05, 3.63) is 131 Å². The Kier molecular flexibility index (Phi) is 17.2. The van der Waals surface area contributed by atoms with Crippen molar-refractivity contribution in [3.8, 4) is 0 Å². The van der Waals surface area contributed by atoms with Crippen molar-refractivity contribution in [3.63, 3.8) is 0 Å². The Hall–Kier alpha value is -0.850. The summed E-state index contributed by atoms with van der Waals surface area (Å²) >= 11 is 0. The van der Waals surface area contributed by atoms with Gasteiger partial charge in [0.25, 0.3) is 0 Å². The first-order valence-corrected chi connectivity index (χ1v) is 19.6. The molecule has 2 aliphatic heterocycles. The predicted octanol–water partition coefficient (Wildman–Crippen LogP) is -2.51. The molecule has 2 aliphatic rings. The minimum atomic E-state index is -4.71. The second-order valence-electron chi connectivity index (χ2n) is 13.7. The van der Waals surface area contributed by atoms with Crippen molar-refractivity contribution in [2.24, 2.45) is 0 Å². The molecule has 0 amide bonds. The van der Waals surface area contributed by atoms with Crippen LogP contribution in [-0.4, -0.2) is 42.5 Å². The van der Waals surface area contributed by atoms with E-state index in [4.69, 9.17) is 0 Å². The quantitative estimate of drug-likeness (QED) is 0.0695.